The number of ether oxygens (including phenoxy) is 1. The molecule has 0 aliphatic carbocycles. The number of likely N-dealkylation sites (N-methyl/N-ethyl adjacent to an activating group) is 1. The van der Waals surface area contributed by atoms with Gasteiger partial charge in [0.25, 0.3) is 5.91 Å². The largest absolute Gasteiger partial charge is 0.455 e. The molecule has 3 rings (SSSR count). The first-order chi connectivity index (χ1) is 15.3. The summed E-state index contributed by atoms with van der Waals surface area (Å²) in [5, 5.41) is 2.68. The van der Waals surface area contributed by atoms with Crippen LogP contribution in [0.2, 0.25) is 0 Å². The fourth-order valence-corrected chi connectivity index (χ4v) is 4.57. The van der Waals surface area contributed by atoms with Crippen LogP contribution >= 0.6 is 0 Å². The van der Waals surface area contributed by atoms with E-state index in [0.717, 1.165) is 28.6 Å². The summed E-state index contributed by atoms with van der Waals surface area (Å²) in [7, 11) is -2.53. The number of anilines is 2. The number of piperidine rings is 1. The van der Waals surface area contributed by atoms with Crippen molar-refractivity contribution in [2.24, 2.45) is 0 Å². The number of carbonyl (C=O) groups is 2. The molecular formula is C23H29N3O5S. The van der Waals surface area contributed by atoms with Crippen molar-refractivity contribution in [2.75, 3.05) is 43.5 Å². The molecule has 8 nitrogen and oxygen atoms in total. The summed E-state index contributed by atoms with van der Waals surface area (Å²) < 4.78 is 30.9. The Balaban J connectivity index is 1.46. The van der Waals surface area contributed by atoms with E-state index in [1.54, 1.807) is 12.1 Å². The van der Waals surface area contributed by atoms with Crippen LogP contribution in [0.15, 0.2) is 53.4 Å². The number of amides is 1. The zero-order valence-electron chi connectivity index (χ0n) is 18.4. The third-order valence-electron chi connectivity index (χ3n) is 5.32. The van der Waals surface area contributed by atoms with E-state index in [9.17, 15) is 18.0 Å². The molecule has 0 radical (unpaired) electrons. The van der Waals surface area contributed by atoms with Crippen LogP contribution in [0, 0.1) is 6.92 Å². The maximum atomic E-state index is 12.5. The minimum Gasteiger partial charge on any atom is -0.455 e. The number of aryl methyl sites for hydroxylation is 1. The van der Waals surface area contributed by atoms with Gasteiger partial charge in [0.2, 0.25) is 10.0 Å². The number of benzene rings is 2. The van der Waals surface area contributed by atoms with Crippen LogP contribution in [0.1, 0.15) is 24.8 Å². The second-order valence-electron chi connectivity index (χ2n) is 7.88. The lowest BCUT2D eigenvalue weighted by Gasteiger charge is -2.28. The van der Waals surface area contributed by atoms with Crippen LogP contribution in [0.3, 0.4) is 0 Å². The Kier molecular flexibility index (Phi) is 7.87. The zero-order chi connectivity index (χ0) is 23.1. The Morgan fingerprint density at radius 3 is 2.25 bits per heavy atom. The van der Waals surface area contributed by atoms with Gasteiger partial charge in [0.1, 0.15) is 6.54 Å². The lowest BCUT2D eigenvalue weighted by Crippen LogP contribution is -2.34. The monoisotopic (exact) mass is 459 g/mol. The average Bonchev–Trinajstić information content (AvgIpc) is 2.79. The molecule has 2 aromatic carbocycles. The van der Waals surface area contributed by atoms with E-state index in [0.29, 0.717) is 5.69 Å². The highest BCUT2D eigenvalue weighted by atomic mass is 32.2. The highest BCUT2D eigenvalue weighted by molar-refractivity contribution is 7.89. The van der Waals surface area contributed by atoms with Gasteiger partial charge in [-0.1, -0.05) is 17.7 Å². The number of carbonyl (C=O) groups excluding carboxylic acids is 2. The number of hydrogen-bond donors (Lipinski definition) is 1. The molecule has 2 aromatic rings. The first-order valence-corrected chi connectivity index (χ1v) is 12.0. The summed E-state index contributed by atoms with van der Waals surface area (Å²) in [5.74, 6) is -1.30. The molecule has 1 heterocycles. The lowest BCUT2D eigenvalue weighted by atomic mass is 10.1. The number of sulfonamides is 1. The van der Waals surface area contributed by atoms with Crippen LogP contribution in [-0.2, 0) is 24.3 Å². The van der Waals surface area contributed by atoms with Gasteiger partial charge in [0.15, 0.2) is 6.61 Å². The summed E-state index contributed by atoms with van der Waals surface area (Å²) in [6, 6.07) is 13.9. The molecule has 32 heavy (non-hydrogen) atoms. The summed E-state index contributed by atoms with van der Waals surface area (Å²) in [5.41, 5.74) is 2.65. The van der Waals surface area contributed by atoms with E-state index in [-0.39, 0.29) is 4.90 Å². The van der Waals surface area contributed by atoms with Crippen molar-refractivity contribution in [3.8, 4) is 0 Å². The first-order valence-electron chi connectivity index (χ1n) is 10.6. The van der Waals surface area contributed by atoms with E-state index in [1.807, 2.05) is 31.2 Å². The quantitative estimate of drug-likeness (QED) is 0.610. The Labute approximate surface area is 189 Å². The molecule has 0 unspecified atom stereocenters. The molecular weight excluding hydrogens is 430 g/mol. The highest BCUT2D eigenvalue weighted by Gasteiger charge is 2.23. The van der Waals surface area contributed by atoms with Crippen molar-refractivity contribution in [1.82, 2.24) is 4.31 Å². The maximum Gasteiger partial charge on any atom is 0.321 e. The minimum atomic E-state index is -3.82. The summed E-state index contributed by atoms with van der Waals surface area (Å²) in [6.45, 7) is 2.94. The Morgan fingerprint density at radius 1 is 1.00 bits per heavy atom. The Hall–Kier alpha value is -2.91. The second kappa shape index (κ2) is 10.6. The van der Waals surface area contributed by atoms with Crippen LogP contribution in [0.5, 0.6) is 0 Å². The van der Waals surface area contributed by atoms with Crippen molar-refractivity contribution < 1.29 is 22.7 Å². The molecule has 1 fully saturated rings. The summed E-state index contributed by atoms with van der Waals surface area (Å²) in [4.78, 5) is 26.6. The predicted octanol–water partition coefficient (Wildman–Crippen LogP) is 2.79. The van der Waals surface area contributed by atoms with Gasteiger partial charge in [0.05, 0.1) is 4.90 Å². The Morgan fingerprint density at radius 2 is 1.62 bits per heavy atom. The molecule has 0 spiro atoms. The maximum absolute atomic E-state index is 12.5. The fourth-order valence-electron chi connectivity index (χ4n) is 3.45. The molecule has 9 heteroatoms. The van der Waals surface area contributed by atoms with Crippen LogP contribution in [-0.4, -0.2) is 57.9 Å². The van der Waals surface area contributed by atoms with Crippen molar-refractivity contribution >= 4 is 33.3 Å². The van der Waals surface area contributed by atoms with Gasteiger partial charge in [-0.2, -0.15) is 4.31 Å². The lowest BCUT2D eigenvalue weighted by molar-refractivity contribution is -0.147. The molecule has 172 valence electrons. The molecule has 1 saturated heterocycles. The molecule has 1 aliphatic rings. The van der Waals surface area contributed by atoms with E-state index < -0.39 is 35.1 Å². The SMILES string of the molecule is Cc1ccc(S(=O)(=O)N(C)CC(=O)OCC(=O)Nc2ccc(N3CCCCC3)cc2)cc1. The highest BCUT2D eigenvalue weighted by Crippen LogP contribution is 2.21. The molecule has 0 saturated carbocycles. The molecule has 1 aliphatic heterocycles. The van der Waals surface area contributed by atoms with Crippen molar-refractivity contribution in [3.63, 3.8) is 0 Å². The van der Waals surface area contributed by atoms with Crippen LogP contribution in [0.25, 0.3) is 0 Å². The summed E-state index contributed by atoms with van der Waals surface area (Å²) >= 11 is 0. The molecule has 0 atom stereocenters. The molecule has 0 bridgehead atoms. The van der Waals surface area contributed by atoms with E-state index in [4.69, 9.17) is 4.74 Å². The molecule has 1 amide bonds. The standard InChI is InChI=1S/C23H29N3O5S/c1-18-6-12-21(13-7-18)32(29,30)25(2)16-23(28)31-17-22(27)24-19-8-10-20(11-9-19)26-14-4-3-5-15-26/h6-13H,3-5,14-17H2,1-2H3,(H,24,27). The zero-order valence-corrected chi connectivity index (χ0v) is 19.2. The minimum absolute atomic E-state index is 0.0872. The van der Waals surface area contributed by atoms with Crippen LogP contribution < -0.4 is 10.2 Å². The number of esters is 1. The topological polar surface area (TPSA) is 96.0 Å². The fraction of sp³-hybridized carbons (Fsp3) is 0.391. The van der Waals surface area contributed by atoms with Gasteiger partial charge in [-0.05, 0) is 62.6 Å². The van der Waals surface area contributed by atoms with Crippen molar-refractivity contribution in [3.05, 3.63) is 54.1 Å². The van der Waals surface area contributed by atoms with E-state index in [1.165, 1.54) is 38.4 Å². The summed E-state index contributed by atoms with van der Waals surface area (Å²) in [6.07, 6.45) is 3.63. The van der Waals surface area contributed by atoms with Crippen LogP contribution in [0.4, 0.5) is 11.4 Å². The number of nitrogens with one attached hydrogen (secondary N) is 1. The average molecular weight is 460 g/mol. The van der Waals surface area contributed by atoms with E-state index >= 15 is 0 Å². The van der Waals surface area contributed by atoms with Crippen molar-refractivity contribution in [2.45, 2.75) is 31.1 Å². The Bertz CT molecular complexity index is 1030. The predicted molar refractivity (Wildman–Crippen MR) is 123 cm³/mol. The van der Waals surface area contributed by atoms with Gasteiger partial charge >= 0.3 is 5.97 Å². The normalized spacial score (nSPS) is 14.3. The van der Waals surface area contributed by atoms with Crippen molar-refractivity contribution in [1.29, 1.82) is 0 Å². The van der Waals surface area contributed by atoms with Gasteiger partial charge in [-0.15, -0.1) is 0 Å². The van der Waals surface area contributed by atoms with Gasteiger partial charge in [0, 0.05) is 31.5 Å². The molecule has 0 aromatic heterocycles. The second-order valence-corrected chi connectivity index (χ2v) is 9.92. The number of nitrogens with zero attached hydrogens (tertiary/aromatic N) is 2. The van der Waals surface area contributed by atoms with Gasteiger partial charge < -0.3 is 15.0 Å². The van der Waals surface area contributed by atoms with Gasteiger partial charge in [-0.25, -0.2) is 8.42 Å². The first kappa shape index (κ1) is 23.7. The van der Waals surface area contributed by atoms with Gasteiger partial charge in [-0.3, -0.25) is 9.59 Å². The third-order valence-corrected chi connectivity index (χ3v) is 7.14. The number of rotatable bonds is 8. The van der Waals surface area contributed by atoms with E-state index in [2.05, 4.69) is 10.2 Å². The smallest absolute Gasteiger partial charge is 0.321 e. The number of hydrogen-bond acceptors (Lipinski definition) is 6. The molecule has 1 N–H and O–H groups in total. The third kappa shape index (κ3) is 6.30.